The molecule has 5 nitrogen and oxygen atoms in total. The molecule has 1 saturated heterocycles. The van der Waals surface area contributed by atoms with Gasteiger partial charge in [-0.3, -0.25) is 9.59 Å². The predicted molar refractivity (Wildman–Crippen MR) is 99.3 cm³/mol. The standard InChI is InChI=1S/C21H23FN2O3/c22-17-10-8-16(9-11-17)19(25)14-23-21(27)18-7-4-12-24(18)20(26)13-15-5-2-1-3-6-15/h1-3,5-6,8-11,18-19,25H,4,7,12-14H2,(H,23,27). The zero-order valence-corrected chi connectivity index (χ0v) is 15.0. The van der Waals surface area contributed by atoms with Crippen molar-refractivity contribution in [3.8, 4) is 0 Å². The van der Waals surface area contributed by atoms with Crippen molar-refractivity contribution >= 4 is 11.8 Å². The summed E-state index contributed by atoms with van der Waals surface area (Å²) in [7, 11) is 0. The molecule has 2 N–H and O–H groups in total. The number of nitrogens with zero attached hydrogens (tertiary/aromatic N) is 1. The quantitative estimate of drug-likeness (QED) is 0.819. The van der Waals surface area contributed by atoms with Crippen LogP contribution in [0, 0.1) is 5.82 Å². The highest BCUT2D eigenvalue weighted by atomic mass is 19.1. The number of halogens is 1. The number of carbonyl (C=O) groups is 2. The van der Waals surface area contributed by atoms with Gasteiger partial charge in [0.2, 0.25) is 11.8 Å². The van der Waals surface area contributed by atoms with E-state index in [2.05, 4.69) is 5.32 Å². The molecule has 0 saturated carbocycles. The lowest BCUT2D eigenvalue weighted by Crippen LogP contribution is -2.47. The molecule has 142 valence electrons. The number of benzene rings is 2. The van der Waals surface area contributed by atoms with Gasteiger partial charge in [-0.1, -0.05) is 42.5 Å². The van der Waals surface area contributed by atoms with Gasteiger partial charge >= 0.3 is 0 Å². The molecule has 0 bridgehead atoms. The van der Waals surface area contributed by atoms with Crippen LogP contribution in [-0.4, -0.2) is 41.0 Å². The lowest BCUT2D eigenvalue weighted by atomic mass is 10.1. The Hall–Kier alpha value is -2.73. The molecule has 3 rings (SSSR count). The maximum absolute atomic E-state index is 13.0. The van der Waals surface area contributed by atoms with Crippen molar-refractivity contribution in [3.63, 3.8) is 0 Å². The number of nitrogens with one attached hydrogen (secondary N) is 1. The normalized spacial score (nSPS) is 17.6. The second-order valence-corrected chi connectivity index (χ2v) is 6.72. The molecule has 2 amide bonds. The van der Waals surface area contributed by atoms with Crippen LogP contribution >= 0.6 is 0 Å². The van der Waals surface area contributed by atoms with Crippen LogP contribution in [0.4, 0.5) is 4.39 Å². The third-order valence-electron chi connectivity index (χ3n) is 4.80. The van der Waals surface area contributed by atoms with Crippen molar-refractivity contribution in [1.82, 2.24) is 10.2 Å². The fourth-order valence-electron chi connectivity index (χ4n) is 3.33. The number of hydrogen-bond donors (Lipinski definition) is 2. The fourth-order valence-corrected chi connectivity index (χ4v) is 3.33. The van der Waals surface area contributed by atoms with Crippen molar-refractivity contribution in [3.05, 3.63) is 71.5 Å². The third-order valence-corrected chi connectivity index (χ3v) is 4.80. The summed E-state index contributed by atoms with van der Waals surface area (Å²) in [6.45, 7) is 0.575. The molecule has 1 fully saturated rings. The van der Waals surface area contributed by atoms with E-state index in [1.165, 1.54) is 24.3 Å². The minimum absolute atomic E-state index is 0.0156. The molecular weight excluding hydrogens is 347 g/mol. The maximum Gasteiger partial charge on any atom is 0.242 e. The second-order valence-electron chi connectivity index (χ2n) is 6.72. The fraction of sp³-hybridized carbons (Fsp3) is 0.333. The largest absolute Gasteiger partial charge is 0.387 e. The lowest BCUT2D eigenvalue weighted by Gasteiger charge is -2.24. The number of hydrogen-bond acceptors (Lipinski definition) is 3. The van der Waals surface area contributed by atoms with Gasteiger partial charge in [0.15, 0.2) is 0 Å². The summed E-state index contributed by atoms with van der Waals surface area (Å²) in [4.78, 5) is 26.7. The van der Waals surface area contributed by atoms with Gasteiger partial charge in [0.05, 0.1) is 12.5 Å². The smallest absolute Gasteiger partial charge is 0.242 e. The van der Waals surface area contributed by atoms with Crippen LogP contribution in [0.1, 0.15) is 30.1 Å². The maximum atomic E-state index is 13.0. The van der Waals surface area contributed by atoms with E-state index in [1.54, 1.807) is 4.90 Å². The van der Waals surface area contributed by atoms with E-state index in [9.17, 15) is 19.1 Å². The molecule has 0 aromatic heterocycles. The molecule has 2 aromatic rings. The van der Waals surface area contributed by atoms with Gasteiger partial charge in [0.1, 0.15) is 11.9 Å². The molecule has 2 atom stereocenters. The van der Waals surface area contributed by atoms with E-state index >= 15 is 0 Å². The highest BCUT2D eigenvalue weighted by Gasteiger charge is 2.33. The molecule has 27 heavy (non-hydrogen) atoms. The number of aliphatic hydroxyl groups is 1. The summed E-state index contributed by atoms with van der Waals surface area (Å²) < 4.78 is 13.0. The summed E-state index contributed by atoms with van der Waals surface area (Å²) in [6, 6.07) is 14.4. The van der Waals surface area contributed by atoms with E-state index in [0.29, 0.717) is 18.5 Å². The van der Waals surface area contributed by atoms with Gasteiger partial charge in [-0.15, -0.1) is 0 Å². The average Bonchev–Trinajstić information content (AvgIpc) is 3.17. The monoisotopic (exact) mass is 370 g/mol. The van der Waals surface area contributed by atoms with Crippen molar-refractivity contribution < 1.29 is 19.1 Å². The Balaban J connectivity index is 1.55. The summed E-state index contributed by atoms with van der Waals surface area (Å²) in [5, 5.41) is 12.9. The van der Waals surface area contributed by atoms with E-state index < -0.39 is 12.1 Å². The molecule has 1 aliphatic heterocycles. The van der Waals surface area contributed by atoms with Gasteiger partial charge in [-0.25, -0.2) is 4.39 Å². The Morgan fingerprint density at radius 1 is 1.15 bits per heavy atom. The third kappa shape index (κ3) is 4.92. The molecule has 0 spiro atoms. The van der Waals surface area contributed by atoms with E-state index in [0.717, 1.165) is 12.0 Å². The van der Waals surface area contributed by atoms with Gasteiger partial charge in [-0.2, -0.15) is 0 Å². The Morgan fingerprint density at radius 3 is 2.56 bits per heavy atom. The first-order valence-electron chi connectivity index (χ1n) is 9.09. The van der Waals surface area contributed by atoms with Crippen LogP contribution in [0.15, 0.2) is 54.6 Å². The molecular formula is C21H23FN2O3. The van der Waals surface area contributed by atoms with Crippen LogP contribution < -0.4 is 5.32 Å². The van der Waals surface area contributed by atoms with Gasteiger partial charge in [-0.05, 0) is 36.1 Å². The van der Waals surface area contributed by atoms with Crippen molar-refractivity contribution in [2.45, 2.75) is 31.4 Å². The first-order valence-corrected chi connectivity index (χ1v) is 9.09. The minimum Gasteiger partial charge on any atom is -0.387 e. The van der Waals surface area contributed by atoms with Gasteiger partial charge in [0.25, 0.3) is 0 Å². The molecule has 1 heterocycles. The van der Waals surface area contributed by atoms with Crippen LogP contribution in [0.3, 0.4) is 0 Å². The molecule has 6 heteroatoms. The van der Waals surface area contributed by atoms with Crippen LogP contribution in [0.25, 0.3) is 0 Å². The van der Waals surface area contributed by atoms with E-state index in [4.69, 9.17) is 0 Å². The number of amides is 2. The number of rotatable bonds is 6. The Bertz CT molecular complexity index is 780. The summed E-state index contributed by atoms with van der Waals surface area (Å²) in [5.41, 5.74) is 1.44. The van der Waals surface area contributed by atoms with Gasteiger partial charge in [0, 0.05) is 13.1 Å². The van der Waals surface area contributed by atoms with Crippen LogP contribution in [0.2, 0.25) is 0 Å². The molecule has 2 unspecified atom stereocenters. The summed E-state index contributed by atoms with van der Waals surface area (Å²) in [5.74, 6) is -0.721. The van der Waals surface area contributed by atoms with Crippen molar-refractivity contribution in [1.29, 1.82) is 0 Å². The van der Waals surface area contributed by atoms with Gasteiger partial charge < -0.3 is 15.3 Å². The minimum atomic E-state index is -0.926. The first kappa shape index (κ1) is 19.0. The Morgan fingerprint density at radius 2 is 1.85 bits per heavy atom. The number of carbonyl (C=O) groups excluding carboxylic acids is 2. The zero-order valence-electron chi connectivity index (χ0n) is 15.0. The average molecular weight is 370 g/mol. The predicted octanol–water partition coefficient (Wildman–Crippen LogP) is 2.21. The number of likely N-dealkylation sites (tertiary alicyclic amines) is 1. The lowest BCUT2D eigenvalue weighted by molar-refractivity contribution is -0.138. The Kier molecular flexibility index (Phi) is 6.19. The van der Waals surface area contributed by atoms with Crippen LogP contribution in [-0.2, 0) is 16.0 Å². The number of aliphatic hydroxyl groups excluding tert-OH is 1. The van der Waals surface area contributed by atoms with Crippen molar-refractivity contribution in [2.24, 2.45) is 0 Å². The molecule has 0 aliphatic carbocycles. The molecule has 0 radical (unpaired) electrons. The zero-order chi connectivity index (χ0) is 19.2. The summed E-state index contributed by atoms with van der Waals surface area (Å²) in [6.07, 6.45) is 0.727. The highest BCUT2D eigenvalue weighted by molar-refractivity contribution is 5.89. The summed E-state index contributed by atoms with van der Waals surface area (Å²) >= 11 is 0. The van der Waals surface area contributed by atoms with Crippen LogP contribution in [0.5, 0.6) is 0 Å². The van der Waals surface area contributed by atoms with E-state index in [1.807, 2.05) is 30.3 Å². The van der Waals surface area contributed by atoms with E-state index in [-0.39, 0.29) is 30.6 Å². The molecule has 1 aliphatic rings. The first-order chi connectivity index (χ1) is 13.0. The SMILES string of the molecule is O=C(NCC(O)c1ccc(F)cc1)C1CCCN1C(=O)Cc1ccccc1. The molecule has 2 aromatic carbocycles. The second kappa shape index (κ2) is 8.77. The van der Waals surface area contributed by atoms with Crippen molar-refractivity contribution in [2.75, 3.05) is 13.1 Å². The topological polar surface area (TPSA) is 69.6 Å². The highest BCUT2D eigenvalue weighted by Crippen LogP contribution is 2.19. The Labute approximate surface area is 157 Å².